The minimum Gasteiger partial charge on any atom is -0.481 e. The van der Waals surface area contributed by atoms with Crippen molar-refractivity contribution >= 4 is 5.97 Å². The third-order valence-electron chi connectivity index (χ3n) is 4.42. The third-order valence-corrected chi connectivity index (χ3v) is 4.42. The molecule has 0 saturated heterocycles. The Morgan fingerprint density at radius 2 is 1.96 bits per heavy atom. The van der Waals surface area contributed by atoms with Crippen LogP contribution in [0.15, 0.2) is 24.3 Å². The fraction of sp³-hybridized carbons (Fsp3) is 0.722. The van der Waals surface area contributed by atoms with Gasteiger partial charge in [-0.2, -0.15) is 0 Å². The van der Waals surface area contributed by atoms with Gasteiger partial charge < -0.3 is 20.4 Å². The highest BCUT2D eigenvalue weighted by molar-refractivity contribution is 5.66. The number of aliphatic carboxylic acids is 1. The highest BCUT2D eigenvalue weighted by atomic mass is 16.4. The molecule has 0 spiro atoms. The minimum atomic E-state index is -0.818. The van der Waals surface area contributed by atoms with Gasteiger partial charge in [0.15, 0.2) is 0 Å². The van der Waals surface area contributed by atoms with Gasteiger partial charge in [0.2, 0.25) is 0 Å². The number of hydrogen-bond acceptors (Lipinski definition) is 4. The van der Waals surface area contributed by atoms with Gasteiger partial charge in [-0.3, -0.25) is 4.79 Å². The second-order valence-electron chi connectivity index (χ2n) is 6.32. The van der Waals surface area contributed by atoms with Crippen molar-refractivity contribution in [2.24, 2.45) is 11.8 Å². The highest BCUT2D eigenvalue weighted by Crippen LogP contribution is 2.36. The van der Waals surface area contributed by atoms with Crippen LogP contribution in [0, 0.1) is 11.8 Å². The Balaban J connectivity index is 2.47. The van der Waals surface area contributed by atoms with E-state index in [9.17, 15) is 20.1 Å². The molecule has 132 valence electrons. The number of carboxylic acids is 1. The van der Waals surface area contributed by atoms with Gasteiger partial charge >= 0.3 is 5.97 Å². The second kappa shape index (κ2) is 10.6. The molecule has 1 rings (SSSR count). The summed E-state index contributed by atoms with van der Waals surface area (Å²) in [6.45, 7) is 2.05. The van der Waals surface area contributed by atoms with Crippen LogP contribution in [0.1, 0.15) is 51.9 Å². The molecule has 23 heavy (non-hydrogen) atoms. The largest absolute Gasteiger partial charge is 0.481 e. The lowest BCUT2D eigenvalue weighted by atomic mass is 9.89. The maximum atomic E-state index is 10.4. The molecule has 1 fully saturated rings. The average Bonchev–Trinajstić information content (AvgIpc) is 2.75. The third kappa shape index (κ3) is 7.29. The Hall–Kier alpha value is -1.17. The molecule has 0 unspecified atom stereocenters. The minimum absolute atomic E-state index is 0.0248. The molecule has 1 aliphatic rings. The van der Waals surface area contributed by atoms with Crippen LogP contribution in [0.2, 0.25) is 0 Å². The molecule has 0 bridgehead atoms. The number of hydrogen-bond donors (Lipinski definition) is 4. The van der Waals surface area contributed by atoms with Crippen molar-refractivity contribution in [3.05, 3.63) is 24.3 Å². The van der Waals surface area contributed by atoms with Crippen LogP contribution in [-0.4, -0.2) is 44.7 Å². The average molecular weight is 326 g/mol. The maximum Gasteiger partial charge on any atom is 0.303 e. The number of aliphatic hydroxyl groups excluding tert-OH is 3. The molecule has 4 N–H and O–H groups in total. The van der Waals surface area contributed by atoms with Gasteiger partial charge in [-0.25, -0.2) is 0 Å². The van der Waals surface area contributed by atoms with Gasteiger partial charge in [0.05, 0.1) is 18.3 Å². The molecule has 5 atom stereocenters. The smallest absolute Gasteiger partial charge is 0.303 e. The van der Waals surface area contributed by atoms with Crippen LogP contribution in [0.25, 0.3) is 0 Å². The number of carbonyl (C=O) groups is 1. The predicted molar refractivity (Wildman–Crippen MR) is 88.9 cm³/mol. The molecule has 0 aromatic rings. The molecule has 5 heteroatoms. The van der Waals surface area contributed by atoms with Crippen molar-refractivity contribution in [3.63, 3.8) is 0 Å². The maximum absolute atomic E-state index is 10.4. The van der Waals surface area contributed by atoms with Crippen LogP contribution in [-0.2, 0) is 4.79 Å². The number of unbranched alkanes of at least 4 members (excludes halogenated alkanes) is 1. The lowest BCUT2D eigenvalue weighted by Crippen LogP contribution is -2.20. The van der Waals surface area contributed by atoms with E-state index in [0.717, 1.165) is 12.8 Å². The van der Waals surface area contributed by atoms with Crippen LogP contribution < -0.4 is 0 Å². The first-order chi connectivity index (χ1) is 11.0. The van der Waals surface area contributed by atoms with E-state index in [1.54, 1.807) is 6.08 Å². The molecule has 0 aliphatic heterocycles. The van der Waals surface area contributed by atoms with E-state index in [-0.39, 0.29) is 18.3 Å². The van der Waals surface area contributed by atoms with Crippen LogP contribution in [0.5, 0.6) is 0 Å². The molecular weight excluding hydrogens is 296 g/mol. The van der Waals surface area contributed by atoms with E-state index in [0.29, 0.717) is 25.7 Å². The molecule has 0 heterocycles. The van der Waals surface area contributed by atoms with Crippen LogP contribution in [0.4, 0.5) is 0 Å². The van der Waals surface area contributed by atoms with E-state index in [4.69, 9.17) is 5.11 Å². The number of allylic oxidation sites excluding steroid dienone is 2. The second-order valence-corrected chi connectivity index (χ2v) is 6.32. The molecule has 0 radical (unpaired) electrons. The van der Waals surface area contributed by atoms with E-state index in [2.05, 4.69) is 13.0 Å². The van der Waals surface area contributed by atoms with Crippen molar-refractivity contribution in [1.29, 1.82) is 0 Å². The summed E-state index contributed by atoms with van der Waals surface area (Å²) in [6.07, 6.45) is 9.69. The standard InChI is InChI=1S/C18H30O5/c1-2-3-4-8-14-15(17(21)12-16(14)20)11-10-13(19)7-5-6-9-18(22)23/h3-4,10-11,13-17,19-21H,2,5-9,12H2,1H3,(H,22,23)/b4-3-,11-10+/t13-,14+,15-,16+,17-/m1/s1. The Kier molecular flexibility index (Phi) is 9.14. The zero-order valence-corrected chi connectivity index (χ0v) is 13.8. The SMILES string of the molecule is CC/C=C\C[C@H]1[C@@H](/C=C/[C@H](O)CCCCC(=O)O)[C@H](O)C[C@@H]1O. The molecule has 0 aromatic heterocycles. The van der Waals surface area contributed by atoms with Gasteiger partial charge in [-0.1, -0.05) is 31.2 Å². The molecule has 1 saturated carbocycles. The number of carboxylic acid groups (broad SMARTS) is 1. The summed E-state index contributed by atoms with van der Waals surface area (Å²) in [5, 5.41) is 38.7. The van der Waals surface area contributed by atoms with E-state index < -0.39 is 24.3 Å². The van der Waals surface area contributed by atoms with Crippen molar-refractivity contribution in [1.82, 2.24) is 0 Å². The topological polar surface area (TPSA) is 98.0 Å². The normalized spacial score (nSPS) is 29.6. The van der Waals surface area contributed by atoms with E-state index >= 15 is 0 Å². The summed E-state index contributed by atoms with van der Waals surface area (Å²) >= 11 is 0. The molecular formula is C18H30O5. The van der Waals surface area contributed by atoms with Gasteiger partial charge in [0.1, 0.15) is 0 Å². The van der Waals surface area contributed by atoms with Gasteiger partial charge in [0, 0.05) is 18.8 Å². The quantitative estimate of drug-likeness (QED) is 0.365. The zero-order chi connectivity index (χ0) is 17.2. The van der Waals surface area contributed by atoms with Gasteiger partial charge in [0.25, 0.3) is 0 Å². The first-order valence-corrected chi connectivity index (χ1v) is 8.55. The highest BCUT2D eigenvalue weighted by Gasteiger charge is 2.39. The van der Waals surface area contributed by atoms with Gasteiger partial charge in [-0.05, 0) is 38.0 Å². The lowest BCUT2D eigenvalue weighted by Gasteiger charge is -2.19. The number of rotatable bonds is 10. The lowest BCUT2D eigenvalue weighted by molar-refractivity contribution is -0.137. The van der Waals surface area contributed by atoms with Crippen LogP contribution in [0.3, 0.4) is 0 Å². The van der Waals surface area contributed by atoms with Crippen molar-refractivity contribution in [2.45, 2.75) is 70.2 Å². The van der Waals surface area contributed by atoms with Crippen molar-refractivity contribution in [2.75, 3.05) is 0 Å². The molecule has 0 aromatic carbocycles. The summed E-state index contributed by atoms with van der Waals surface area (Å²) in [6, 6.07) is 0. The summed E-state index contributed by atoms with van der Waals surface area (Å²) in [4.78, 5) is 10.4. The monoisotopic (exact) mass is 326 g/mol. The number of aliphatic hydroxyl groups is 3. The Bertz CT molecular complexity index is 404. The van der Waals surface area contributed by atoms with Crippen molar-refractivity contribution in [3.8, 4) is 0 Å². The molecule has 1 aliphatic carbocycles. The van der Waals surface area contributed by atoms with Crippen LogP contribution >= 0.6 is 0 Å². The fourth-order valence-electron chi connectivity index (χ4n) is 3.11. The summed E-state index contributed by atoms with van der Waals surface area (Å²) in [7, 11) is 0. The van der Waals surface area contributed by atoms with E-state index in [1.807, 2.05) is 12.2 Å². The molecule has 0 amide bonds. The van der Waals surface area contributed by atoms with Gasteiger partial charge in [-0.15, -0.1) is 0 Å². The summed E-state index contributed by atoms with van der Waals surface area (Å²) in [5.41, 5.74) is 0. The first kappa shape index (κ1) is 19.9. The summed E-state index contributed by atoms with van der Waals surface area (Å²) in [5.74, 6) is -0.996. The van der Waals surface area contributed by atoms with E-state index in [1.165, 1.54) is 0 Å². The first-order valence-electron chi connectivity index (χ1n) is 8.55. The fourth-order valence-corrected chi connectivity index (χ4v) is 3.11. The zero-order valence-electron chi connectivity index (χ0n) is 13.8. The Morgan fingerprint density at radius 3 is 2.61 bits per heavy atom. The Labute approximate surface area is 138 Å². The van der Waals surface area contributed by atoms with Crippen molar-refractivity contribution < 1.29 is 25.2 Å². The summed E-state index contributed by atoms with van der Waals surface area (Å²) < 4.78 is 0. The Morgan fingerprint density at radius 1 is 1.22 bits per heavy atom. The predicted octanol–water partition coefficient (Wildman–Crippen LogP) is 2.26. The molecule has 5 nitrogen and oxygen atoms in total.